The van der Waals surface area contributed by atoms with E-state index in [9.17, 15) is 4.79 Å². The van der Waals surface area contributed by atoms with Crippen LogP contribution in [0.3, 0.4) is 0 Å². The second-order valence-electron chi connectivity index (χ2n) is 5.29. The zero-order chi connectivity index (χ0) is 17.6. The summed E-state index contributed by atoms with van der Waals surface area (Å²) in [6, 6.07) is 26.0. The molecule has 0 radical (unpaired) electrons. The molecule has 0 bridgehead atoms. The van der Waals surface area contributed by atoms with Crippen LogP contribution in [0.15, 0.2) is 84.9 Å². The second-order valence-corrected chi connectivity index (χ2v) is 5.71. The van der Waals surface area contributed by atoms with Gasteiger partial charge < -0.3 is 10.6 Å². The molecular formula is C20H16N2O2S. The maximum atomic E-state index is 12.3. The molecule has 0 heterocycles. The first kappa shape index (κ1) is 16.7. The molecule has 0 fully saturated rings. The fourth-order valence-electron chi connectivity index (χ4n) is 2.38. The van der Waals surface area contributed by atoms with Gasteiger partial charge in [-0.05, 0) is 47.6 Å². The first-order valence-corrected chi connectivity index (χ1v) is 8.08. The summed E-state index contributed by atoms with van der Waals surface area (Å²) in [5.74, 6) is -0.529. The van der Waals surface area contributed by atoms with Crippen molar-refractivity contribution in [1.82, 2.24) is 0 Å². The zero-order valence-electron chi connectivity index (χ0n) is 13.3. The van der Waals surface area contributed by atoms with Gasteiger partial charge in [-0.25, -0.2) is 4.79 Å². The third-order valence-corrected chi connectivity index (χ3v) is 3.74. The van der Waals surface area contributed by atoms with Crippen molar-refractivity contribution in [2.45, 2.75) is 0 Å². The number of hydroxylamine groups is 1. The van der Waals surface area contributed by atoms with Crippen molar-refractivity contribution < 1.29 is 9.63 Å². The molecule has 3 aromatic rings. The van der Waals surface area contributed by atoms with Gasteiger partial charge in [0.25, 0.3) is 0 Å². The van der Waals surface area contributed by atoms with Crippen LogP contribution >= 0.6 is 12.2 Å². The van der Waals surface area contributed by atoms with E-state index < -0.39 is 5.97 Å². The van der Waals surface area contributed by atoms with E-state index >= 15 is 0 Å². The van der Waals surface area contributed by atoms with Crippen molar-refractivity contribution in [3.05, 3.63) is 90.5 Å². The van der Waals surface area contributed by atoms with E-state index in [0.717, 1.165) is 16.2 Å². The average molecular weight is 348 g/mol. The number of nitrogens with zero attached hydrogens (tertiary/aromatic N) is 1. The Morgan fingerprint density at radius 2 is 1.44 bits per heavy atom. The number of anilines is 1. The van der Waals surface area contributed by atoms with Crippen LogP contribution < -0.4 is 10.8 Å². The Hall–Kier alpha value is -3.18. The lowest BCUT2D eigenvalue weighted by Gasteiger charge is -2.21. The molecule has 0 saturated carbocycles. The molecular weight excluding hydrogens is 332 g/mol. The van der Waals surface area contributed by atoms with Gasteiger partial charge in [0, 0.05) is 0 Å². The smallest absolute Gasteiger partial charge is 0.363 e. The van der Waals surface area contributed by atoms with Crippen LogP contribution in [-0.4, -0.2) is 11.1 Å². The SMILES string of the molecule is NC(=S)N(OC(=O)c1ccccc1)c1cccc(-c2ccccc2)c1. The predicted molar refractivity (Wildman–Crippen MR) is 103 cm³/mol. The van der Waals surface area contributed by atoms with Crippen LogP contribution in [0.1, 0.15) is 10.4 Å². The average Bonchev–Trinajstić information content (AvgIpc) is 2.67. The van der Waals surface area contributed by atoms with Gasteiger partial charge in [0.1, 0.15) is 0 Å². The predicted octanol–water partition coefficient (Wildman–Crippen LogP) is 4.18. The Bertz CT molecular complexity index is 882. The van der Waals surface area contributed by atoms with Crippen molar-refractivity contribution in [3.63, 3.8) is 0 Å². The van der Waals surface area contributed by atoms with Gasteiger partial charge in [0.2, 0.25) is 5.11 Å². The van der Waals surface area contributed by atoms with Gasteiger partial charge in [-0.15, -0.1) is 5.06 Å². The van der Waals surface area contributed by atoms with Crippen LogP contribution in [0, 0.1) is 0 Å². The quantitative estimate of drug-likeness (QED) is 0.568. The van der Waals surface area contributed by atoms with Crippen LogP contribution in [0.2, 0.25) is 0 Å². The minimum absolute atomic E-state index is 0.0468. The van der Waals surface area contributed by atoms with Gasteiger partial charge >= 0.3 is 5.97 Å². The molecule has 4 nitrogen and oxygen atoms in total. The Balaban J connectivity index is 1.89. The number of hydrogen-bond acceptors (Lipinski definition) is 3. The van der Waals surface area contributed by atoms with Crippen LogP contribution in [0.5, 0.6) is 0 Å². The topological polar surface area (TPSA) is 55.6 Å². The molecule has 5 heteroatoms. The summed E-state index contributed by atoms with van der Waals surface area (Å²) < 4.78 is 0. The van der Waals surface area contributed by atoms with Gasteiger partial charge in [-0.2, -0.15) is 0 Å². The molecule has 0 aromatic heterocycles. The molecule has 3 rings (SSSR count). The third-order valence-electron chi connectivity index (χ3n) is 3.57. The lowest BCUT2D eigenvalue weighted by atomic mass is 10.1. The van der Waals surface area contributed by atoms with E-state index in [0.29, 0.717) is 11.3 Å². The fraction of sp³-hybridized carbons (Fsp3) is 0. The molecule has 0 aliphatic heterocycles. The number of thiocarbonyl (C=S) groups is 1. The molecule has 0 unspecified atom stereocenters. The number of carbonyl (C=O) groups is 1. The van der Waals surface area contributed by atoms with Crippen LogP contribution in [0.4, 0.5) is 5.69 Å². The fourth-order valence-corrected chi connectivity index (χ4v) is 2.52. The highest BCUT2D eigenvalue weighted by atomic mass is 32.1. The van der Waals surface area contributed by atoms with Crippen LogP contribution in [-0.2, 0) is 4.84 Å². The van der Waals surface area contributed by atoms with Crippen molar-refractivity contribution in [3.8, 4) is 11.1 Å². The van der Waals surface area contributed by atoms with Gasteiger partial charge in [0.15, 0.2) is 0 Å². The molecule has 25 heavy (non-hydrogen) atoms. The number of carbonyl (C=O) groups excluding carboxylic acids is 1. The molecule has 124 valence electrons. The van der Waals surface area contributed by atoms with Gasteiger partial charge in [-0.3, -0.25) is 0 Å². The Morgan fingerprint density at radius 3 is 2.08 bits per heavy atom. The van der Waals surface area contributed by atoms with Crippen LogP contribution in [0.25, 0.3) is 11.1 Å². The minimum atomic E-state index is -0.529. The van der Waals surface area contributed by atoms with Crippen molar-refractivity contribution in [1.29, 1.82) is 0 Å². The first-order chi connectivity index (χ1) is 12.1. The zero-order valence-corrected chi connectivity index (χ0v) is 14.1. The molecule has 2 N–H and O–H groups in total. The Kier molecular flexibility index (Phi) is 5.06. The van der Waals surface area contributed by atoms with E-state index in [4.69, 9.17) is 22.8 Å². The molecule has 0 amide bonds. The summed E-state index contributed by atoms with van der Waals surface area (Å²) >= 11 is 5.05. The molecule has 3 aromatic carbocycles. The minimum Gasteiger partial charge on any atom is -0.373 e. The largest absolute Gasteiger partial charge is 0.373 e. The normalized spacial score (nSPS) is 10.1. The number of rotatable bonds is 3. The summed E-state index contributed by atoms with van der Waals surface area (Å²) in [7, 11) is 0. The number of hydrogen-bond donors (Lipinski definition) is 1. The molecule has 0 aliphatic rings. The lowest BCUT2D eigenvalue weighted by molar-refractivity contribution is 0.0518. The van der Waals surface area contributed by atoms with Crippen molar-refractivity contribution >= 4 is 29.0 Å². The van der Waals surface area contributed by atoms with E-state index in [1.54, 1.807) is 30.3 Å². The number of benzene rings is 3. The van der Waals surface area contributed by atoms with E-state index in [1.807, 2.05) is 54.6 Å². The summed E-state index contributed by atoms with van der Waals surface area (Å²) in [4.78, 5) is 17.7. The third kappa shape index (κ3) is 4.02. The van der Waals surface area contributed by atoms with Crippen molar-refractivity contribution in [2.75, 3.05) is 5.06 Å². The molecule has 0 spiro atoms. The van der Waals surface area contributed by atoms with E-state index in [1.165, 1.54) is 0 Å². The highest BCUT2D eigenvalue weighted by Gasteiger charge is 2.17. The summed E-state index contributed by atoms with van der Waals surface area (Å²) in [5, 5.41) is 1.12. The first-order valence-electron chi connectivity index (χ1n) is 7.67. The second kappa shape index (κ2) is 7.59. The van der Waals surface area contributed by atoms with Gasteiger partial charge in [-0.1, -0.05) is 60.7 Å². The lowest BCUT2D eigenvalue weighted by Crippen LogP contribution is -2.37. The highest BCUT2D eigenvalue weighted by Crippen LogP contribution is 2.25. The number of nitrogens with two attached hydrogens (primary N) is 1. The van der Waals surface area contributed by atoms with Gasteiger partial charge in [0.05, 0.1) is 11.3 Å². The summed E-state index contributed by atoms with van der Waals surface area (Å²) in [5.41, 5.74) is 8.78. The highest BCUT2D eigenvalue weighted by molar-refractivity contribution is 7.80. The summed E-state index contributed by atoms with van der Waals surface area (Å²) in [6.07, 6.45) is 0. The Labute approximate surface area is 151 Å². The summed E-state index contributed by atoms with van der Waals surface area (Å²) in [6.45, 7) is 0. The molecule has 0 saturated heterocycles. The van der Waals surface area contributed by atoms with Crippen molar-refractivity contribution in [2.24, 2.45) is 5.73 Å². The standard InChI is InChI=1S/C20H16N2O2S/c21-20(25)22(24-19(23)16-10-5-2-6-11-16)18-13-7-12-17(14-18)15-8-3-1-4-9-15/h1-14H,(H2,21,25). The maximum absolute atomic E-state index is 12.3. The van der Waals surface area contributed by atoms with E-state index in [2.05, 4.69) is 0 Å². The maximum Gasteiger partial charge on any atom is 0.363 e. The Morgan fingerprint density at radius 1 is 0.840 bits per heavy atom. The van der Waals surface area contributed by atoms with E-state index in [-0.39, 0.29) is 5.11 Å². The molecule has 0 atom stereocenters. The molecule has 0 aliphatic carbocycles. The monoisotopic (exact) mass is 348 g/mol.